The van der Waals surface area contributed by atoms with E-state index in [0.29, 0.717) is 5.88 Å². The number of carboxylic acid groups (broad SMARTS) is 1. The highest BCUT2D eigenvalue weighted by Gasteiger charge is 2.28. The SMILES string of the molecule is CCc1cc(OCC(C)(C)C(=O)O)ncc1-c1ccc(-c2ncc(-c3ccc(C4CCC4)cc3)[nH]2)cc1. The van der Waals surface area contributed by atoms with Gasteiger partial charge in [0, 0.05) is 23.4 Å². The number of carbonyl (C=O) groups is 1. The number of aromatic amines is 1. The van der Waals surface area contributed by atoms with Crippen molar-refractivity contribution in [3.8, 4) is 39.7 Å². The lowest BCUT2D eigenvalue weighted by atomic mass is 9.80. The number of pyridine rings is 1. The lowest BCUT2D eigenvalue weighted by Gasteiger charge is -2.25. The Morgan fingerprint density at radius 2 is 1.68 bits per heavy atom. The largest absolute Gasteiger partial charge is 0.481 e. The van der Waals surface area contributed by atoms with Gasteiger partial charge in [0.2, 0.25) is 5.88 Å². The molecule has 1 aliphatic carbocycles. The molecule has 0 atom stereocenters. The van der Waals surface area contributed by atoms with Crippen molar-refractivity contribution in [1.29, 1.82) is 0 Å². The number of H-pyrrole nitrogens is 1. The summed E-state index contributed by atoms with van der Waals surface area (Å²) in [6.07, 6.45) is 8.46. The molecule has 0 radical (unpaired) electrons. The molecule has 1 aliphatic rings. The molecule has 190 valence electrons. The highest BCUT2D eigenvalue weighted by molar-refractivity contribution is 5.74. The number of hydrogen-bond acceptors (Lipinski definition) is 4. The fourth-order valence-electron chi connectivity index (χ4n) is 4.52. The normalized spacial score (nSPS) is 13.8. The van der Waals surface area contributed by atoms with Gasteiger partial charge in [-0.05, 0) is 61.3 Å². The molecule has 0 spiro atoms. The van der Waals surface area contributed by atoms with E-state index in [1.165, 1.54) is 24.8 Å². The van der Waals surface area contributed by atoms with Crippen LogP contribution >= 0.6 is 0 Å². The minimum Gasteiger partial charge on any atom is -0.481 e. The maximum Gasteiger partial charge on any atom is 0.312 e. The lowest BCUT2D eigenvalue weighted by molar-refractivity contribution is -0.148. The second-order valence-electron chi connectivity index (χ2n) is 10.5. The Bertz CT molecular complexity index is 1380. The molecule has 1 saturated carbocycles. The van der Waals surface area contributed by atoms with Crippen LogP contribution in [0.5, 0.6) is 5.88 Å². The van der Waals surface area contributed by atoms with Gasteiger partial charge < -0.3 is 14.8 Å². The summed E-state index contributed by atoms with van der Waals surface area (Å²) in [5.74, 6) is 1.12. The standard InChI is InChI=1S/C31H33N3O3/c1-4-20-16-28(37-19-31(2,3)30(35)36)32-17-26(20)23-10-14-25(15-11-23)29-33-18-27(34-29)24-12-8-22(9-13-24)21-6-5-7-21/h8-18,21H,4-7,19H2,1-3H3,(H,33,34)(H,35,36). The lowest BCUT2D eigenvalue weighted by Crippen LogP contribution is -2.30. The van der Waals surface area contributed by atoms with Crippen LogP contribution in [0.25, 0.3) is 33.8 Å². The predicted octanol–water partition coefficient (Wildman–Crippen LogP) is 7.13. The van der Waals surface area contributed by atoms with Gasteiger partial charge in [-0.3, -0.25) is 4.79 Å². The number of carboxylic acids is 1. The minimum atomic E-state index is -0.978. The molecular weight excluding hydrogens is 462 g/mol. The van der Waals surface area contributed by atoms with E-state index in [2.05, 4.69) is 70.4 Å². The van der Waals surface area contributed by atoms with Crippen LogP contribution in [-0.2, 0) is 11.2 Å². The molecular formula is C31H33N3O3. The highest BCUT2D eigenvalue weighted by atomic mass is 16.5. The zero-order valence-corrected chi connectivity index (χ0v) is 21.6. The molecule has 0 unspecified atom stereocenters. The predicted molar refractivity (Wildman–Crippen MR) is 146 cm³/mol. The number of aryl methyl sites for hydroxylation is 1. The van der Waals surface area contributed by atoms with Crippen LogP contribution in [0.3, 0.4) is 0 Å². The summed E-state index contributed by atoms with van der Waals surface area (Å²) in [4.78, 5) is 23.9. The average Bonchev–Trinajstić information content (AvgIpc) is 3.37. The monoisotopic (exact) mass is 495 g/mol. The number of benzene rings is 2. The van der Waals surface area contributed by atoms with Crippen LogP contribution in [0.2, 0.25) is 0 Å². The first kappa shape index (κ1) is 24.8. The van der Waals surface area contributed by atoms with Gasteiger partial charge in [-0.2, -0.15) is 0 Å². The van der Waals surface area contributed by atoms with Crippen LogP contribution in [0.4, 0.5) is 0 Å². The van der Waals surface area contributed by atoms with Crippen LogP contribution in [0, 0.1) is 5.41 Å². The molecule has 0 saturated heterocycles. The van der Waals surface area contributed by atoms with Gasteiger partial charge in [0.25, 0.3) is 0 Å². The second kappa shape index (κ2) is 10.2. The molecule has 2 N–H and O–H groups in total. The highest BCUT2D eigenvalue weighted by Crippen LogP contribution is 2.37. The first-order valence-corrected chi connectivity index (χ1v) is 13.0. The topological polar surface area (TPSA) is 88.1 Å². The fourth-order valence-corrected chi connectivity index (χ4v) is 4.52. The summed E-state index contributed by atoms with van der Waals surface area (Å²) >= 11 is 0. The summed E-state index contributed by atoms with van der Waals surface area (Å²) in [5, 5.41) is 9.31. The van der Waals surface area contributed by atoms with Crippen LogP contribution in [0.1, 0.15) is 57.1 Å². The molecule has 1 fully saturated rings. The molecule has 4 aromatic rings. The van der Waals surface area contributed by atoms with E-state index in [1.807, 2.05) is 12.3 Å². The molecule has 6 nitrogen and oxygen atoms in total. The summed E-state index contributed by atoms with van der Waals surface area (Å²) in [6.45, 7) is 5.42. The van der Waals surface area contributed by atoms with Crippen LogP contribution in [-0.4, -0.2) is 32.6 Å². The van der Waals surface area contributed by atoms with Crippen molar-refractivity contribution in [3.63, 3.8) is 0 Å². The van der Waals surface area contributed by atoms with E-state index in [0.717, 1.165) is 51.7 Å². The van der Waals surface area contributed by atoms with Crippen molar-refractivity contribution in [3.05, 3.63) is 78.1 Å². The summed E-state index contributed by atoms with van der Waals surface area (Å²) in [5.41, 5.74) is 6.82. The third-order valence-electron chi connectivity index (χ3n) is 7.35. The number of nitrogens with one attached hydrogen (secondary N) is 1. The van der Waals surface area contributed by atoms with Crippen molar-refractivity contribution in [1.82, 2.24) is 15.0 Å². The third-order valence-corrected chi connectivity index (χ3v) is 7.35. The molecule has 5 rings (SSSR count). The van der Waals surface area contributed by atoms with Gasteiger partial charge >= 0.3 is 5.97 Å². The Morgan fingerprint density at radius 3 is 2.30 bits per heavy atom. The van der Waals surface area contributed by atoms with Gasteiger partial charge in [0.05, 0.1) is 17.3 Å². The van der Waals surface area contributed by atoms with E-state index in [1.54, 1.807) is 20.0 Å². The molecule has 2 aromatic heterocycles. The molecule has 0 aliphatic heterocycles. The Labute approximate surface area is 217 Å². The number of hydrogen-bond donors (Lipinski definition) is 2. The Morgan fingerprint density at radius 1 is 1.00 bits per heavy atom. The van der Waals surface area contributed by atoms with Crippen LogP contribution in [0.15, 0.2) is 67.0 Å². The summed E-state index contributed by atoms with van der Waals surface area (Å²) in [6, 6.07) is 19.1. The van der Waals surface area contributed by atoms with Crippen molar-refractivity contribution in [2.45, 2.75) is 52.4 Å². The van der Waals surface area contributed by atoms with Crippen LogP contribution < -0.4 is 4.74 Å². The number of rotatable bonds is 9. The second-order valence-corrected chi connectivity index (χ2v) is 10.5. The average molecular weight is 496 g/mol. The zero-order valence-electron chi connectivity index (χ0n) is 21.6. The molecule has 0 amide bonds. The number of nitrogens with zero attached hydrogens (tertiary/aromatic N) is 2. The number of aliphatic carboxylic acids is 1. The zero-order chi connectivity index (χ0) is 26.0. The van der Waals surface area contributed by atoms with Gasteiger partial charge in [-0.15, -0.1) is 0 Å². The summed E-state index contributed by atoms with van der Waals surface area (Å²) < 4.78 is 5.70. The fraction of sp³-hybridized carbons (Fsp3) is 0.323. The number of imidazole rings is 1. The van der Waals surface area contributed by atoms with E-state index < -0.39 is 11.4 Å². The first-order chi connectivity index (χ1) is 17.8. The van der Waals surface area contributed by atoms with Gasteiger partial charge in [0.1, 0.15) is 12.4 Å². The van der Waals surface area contributed by atoms with Gasteiger partial charge in [-0.1, -0.05) is 61.9 Å². The van der Waals surface area contributed by atoms with Gasteiger partial charge in [-0.25, -0.2) is 9.97 Å². The number of aromatic nitrogens is 3. The maximum absolute atomic E-state index is 11.3. The smallest absolute Gasteiger partial charge is 0.312 e. The number of ether oxygens (including phenoxy) is 1. The van der Waals surface area contributed by atoms with Crippen molar-refractivity contribution < 1.29 is 14.6 Å². The molecule has 2 aromatic carbocycles. The van der Waals surface area contributed by atoms with Gasteiger partial charge in [0.15, 0.2) is 0 Å². The Balaban J connectivity index is 1.30. The Kier molecular flexibility index (Phi) is 6.83. The van der Waals surface area contributed by atoms with E-state index in [-0.39, 0.29) is 6.61 Å². The molecule has 37 heavy (non-hydrogen) atoms. The van der Waals surface area contributed by atoms with Crippen molar-refractivity contribution >= 4 is 5.97 Å². The van der Waals surface area contributed by atoms with Crippen molar-refractivity contribution in [2.75, 3.05) is 6.61 Å². The van der Waals surface area contributed by atoms with E-state index in [4.69, 9.17) is 4.74 Å². The first-order valence-electron chi connectivity index (χ1n) is 13.0. The third kappa shape index (κ3) is 5.29. The summed E-state index contributed by atoms with van der Waals surface area (Å²) in [7, 11) is 0. The molecule has 2 heterocycles. The molecule has 6 heteroatoms. The van der Waals surface area contributed by atoms with E-state index >= 15 is 0 Å². The van der Waals surface area contributed by atoms with E-state index in [9.17, 15) is 9.90 Å². The minimum absolute atomic E-state index is 0.0579. The maximum atomic E-state index is 11.3. The molecule has 0 bridgehead atoms. The Hall–Kier alpha value is -3.93. The quantitative estimate of drug-likeness (QED) is 0.258. The van der Waals surface area contributed by atoms with Crippen molar-refractivity contribution in [2.24, 2.45) is 5.41 Å².